The number of hydrogen-bond acceptors (Lipinski definition) is 5. The monoisotopic (exact) mass is 471 g/mol. The Bertz CT molecular complexity index is 827. The third kappa shape index (κ3) is 6.18. The van der Waals surface area contributed by atoms with Crippen LogP contribution in [0.25, 0.3) is 0 Å². The van der Waals surface area contributed by atoms with Gasteiger partial charge in [0.2, 0.25) is 11.8 Å². The highest BCUT2D eigenvalue weighted by molar-refractivity contribution is 5.92. The molecule has 7 heteroatoms. The number of benzene rings is 1. The lowest BCUT2D eigenvalue weighted by molar-refractivity contribution is -0.135. The Labute approximate surface area is 203 Å². The Morgan fingerprint density at radius 2 is 1.79 bits per heavy atom. The normalized spacial score (nSPS) is 26.4. The highest BCUT2D eigenvalue weighted by Crippen LogP contribution is 2.43. The van der Waals surface area contributed by atoms with E-state index in [0.29, 0.717) is 36.0 Å². The fourth-order valence-electron chi connectivity index (χ4n) is 6.49. The van der Waals surface area contributed by atoms with Crippen LogP contribution in [-0.4, -0.2) is 76.3 Å². The number of primary amides is 1. The highest BCUT2D eigenvalue weighted by atomic mass is 16.3. The zero-order chi connectivity index (χ0) is 24.1. The van der Waals surface area contributed by atoms with Gasteiger partial charge in [-0.1, -0.05) is 31.4 Å². The molecule has 4 atom stereocenters. The lowest BCUT2D eigenvalue weighted by atomic mass is 9.84. The van der Waals surface area contributed by atoms with Crippen molar-refractivity contribution >= 4 is 11.8 Å². The molecule has 2 aliphatic heterocycles. The molecule has 4 rings (SSSR count). The number of hydrogen-bond donors (Lipinski definition) is 3. The first-order valence-corrected chi connectivity index (χ1v) is 13.2. The largest absolute Gasteiger partial charge is 0.394 e. The average Bonchev–Trinajstić information content (AvgIpc) is 3.08. The molecule has 188 valence electrons. The summed E-state index contributed by atoms with van der Waals surface area (Å²) in [5.41, 5.74) is 7.28. The van der Waals surface area contributed by atoms with Crippen LogP contribution >= 0.6 is 0 Å². The first kappa shape index (κ1) is 25.1. The van der Waals surface area contributed by atoms with Crippen LogP contribution < -0.4 is 5.73 Å². The van der Waals surface area contributed by atoms with E-state index in [2.05, 4.69) is 11.0 Å². The number of aliphatic hydroxyl groups excluding tert-OH is 2. The summed E-state index contributed by atoms with van der Waals surface area (Å²) < 4.78 is 0. The molecule has 1 aromatic carbocycles. The first-order valence-electron chi connectivity index (χ1n) is 13.2. The van der Waals surface area contributed by atoms with Crippen LogP contribution in [0.15, 0.2) is 24.3 Å². The molecule has 1 saturated carbocycles. The number of rotatable bonds is 10. The van der Waals surface area contributed by atoms with Crippen molar-refractivity contribution in [1.29, 1.82) is 0 Å². The standard InChI is InChI=1S/C27H41N3O4/c28-27(34)21-8-4-7-20(13-21)22-14-23-9-10-24(15-22)30(23)12-11-29(26(33)16-25(32)18-31)17-19-5-2-1-3-6-19/h4,7-8,13,19,22-25,31-32H,1-3,5-6,9-12,14-18H2,(H2,28,34)/t22?,23-,24+,25-/m0/s1. The quantitative estimate of drug-likeness (QED) is 0.486. The molecule has 1 aliphatic carbocycles. The van der Waals surface area contributed by atoms with Gasteiger partial charge in [0.1, 0.15) is 0 Å². The summed E-state index contributed by atoms with van der Waals surface area (Å²) in [4.78, 5) is 29.1. The van der Waals surface area contributed by atoms with Crippen molar-refractivity contribution in [1.82, 2.24) is 9.80 Å². The molecular weight excluding hydrogens is 430 g/mol. The summed E-state index contributed by atoms with van der Waals surface area (Å²) in [6.07, 6.45) is 9.61. The number of nitrogens with zero attached hydrogens (tertiary/aromatic N) is 2. The summed E-state index contributed by atoms with van der Waals surface area (Å²) in [6, 6.07) is 8.77. The van der Waals surface area contributed by atoms with Gasteiger partial charge in [0.25, 0.3) is 0 Å². The number of aliphatic hydroxyl groups is 2. The molecule has 1 unspecified atom stereocenters. The second kappa shape index (κ2) is 11.6. The lowest BCUT2D eigenvalue weighted by Gasteiger charge is -2.40. The van der Waals surface area contributed by atoms with Crippen LogP contribution in [0, 0.1) is 5.92 Å². The minimum Gasteiger partial charge on any atom is -0.394 e. The van der Waals surface area contributed by atoms with Gasteiger partial charge in [-0.25, -0.2) is 0 Å². The van der Waals surface area contributed by atoms with Crippen molar-refractivity contribution in [3.63, 3.8) is 0 Å². The van der Waals surface area contributed by atoms with E-state index in [1.807, 2.05) is 17.0 Å². The summed E-state index contributed by atoms with van der Waals surface area (Å²) in [5, 5.41) is 19.1. The van der Waals surface area contributed by atoms with E-state index >= 15 is 0 Å². The van der Waals surface area contributed by atoms with Gasteiger partial charge in [-0.15, -0.1) is 0 Å². The SMILES string of the molecule is NC(=O)c1cccc(C2C[C@H]3CC[C@@H](C2)N3CCN(CC2CCCCC2)C(=O)C[C@H](O)CO)c1. The van der Waals surface area contributed by atoms with E-state index in [0.717, 1.165) is 25.9 Å². The number of nitrogens with two attached hydrogens (primary N) is 1. The van der Waals surface area contributed by atoms with Gasteiger partial charge in [0.15, 0.2) is 0 Å². The molecular formula is C27H41N3O4. The van der Waals surface area contributed by atoms with E-state index in [1.165, 1.54) is 50.5 Å². The van der Waals surface area contributed by atoms with Crippen molar-refractivity contribution in [3.05, 3.63) is 35.4 Å². The second-order valence-corrected chi connectivity index (χ2v) is 10.7. The second-order valence-electron chi connectivity index (χ2n) is 10.7. The zero-order valence-electron chi connectivity index (χ0n) is 20.3. The van der Waals surface area contributed by atoms with Crippen molar-refractivity contribution < 1.29 is 19.8 Å². The molecule has 0 radical (unpaired) electrons. The van der Waals surface area contributed by atoms with Crippen LogP contribution in [0.1, 0.15) is 86.0 Å². The first-order chi connectivity index (χ1) is 16.4. The zero-order valence-corrected chi connectivity index (χ0v) is 20.3. The number of carbonyl (C=O) groups excluding carboxylic acids is 2. The Balaban J connectivity index is 1.37. The Hall–Kier alpha value is -1.96. The number of amides is 2. The highest BCUT2D eigenvalue weighted by Gasteiger charge is 2.41. The number of carbonyl (C=O) groups is 2. The van der Waals surface area contributed by atoms with Crippen LogP contribution in [-0.2, 0) is 4.79 Å². The molecule has 2 amide bonds. The van der Waals surface area contributed by atoms with Crippen molar-refractivity contribution in [3.8, 4) is 0 Å². The van der Waals surface area contributed by atoms with Gasteiger partial charge in [-0.3, -0.25) is 14.5 Å². The molecule has 4 N–H and O–H groups in total. The molecule has 1 aromatic rings. The predicted octanol–water partition coefficient (Wildman–Crippen LogP) is 2.65. The maximum absolute atomic E-state index is 13.0. The van der Waals surface area contributed by atoms with Gasteiger partial charge < -0.3 is 20.8 Å². The molecule has 7 nitrogen and oxygen atoms in total. The van der Waals surface area contributed by atoms with Crippen LogP contribution in [0.3, 0.4) is 0 Å². The van der Waals surface area contributed by atoms with Gasteiger partial charge in [0.05, 0.1) is 19.1 Å². The third-order valence-corrected chi connectivity index (χ3v) is 8.33. The number of fused-ring (bicyclic) bond motifs is 2. The molecule has 2 saturated heterocycles. The molecule has 3 fully saturated rings. The molecule has 34 heavy (non-hydrogen) atoms. The topological polar surface area (TPSA) is 107 Å². The predicted molar refractivity (Wildman–Crippen MR) is 131 cm³/mol. The number of piperidine rings is 1. The van der Waals surface area contributed by atoms with Crippen molar-refractivity contribution in [2.75, 3.05) is 26.2 Å². The van der Waals surface area contributed by atoms with E-state index in [-0.39, 0.29) is 24.8 Å². The molecule has 0 aromatic heterocycles. The van der Waals surface area contributed by atoms with Gasteiger partial charge >= 0.3 is 0 Å². The fraction of sp³-hybridized carbons (Fsp3) is 0.704. The Kier molecular flexibility index (Phi) is 8.61. The average molecular weight is 472 g/mol. The van der Waals surface area contributed by atoms with Crippen LogP contribution in [0.5, 0.6) is 0 Å². The van der Waals surface area contributed by atoms with E-state index in [1.54, 1.807) is 6.07 Å². The molecule has 2 heterocycles. The smallest absolute Gasteiger partial charge is 0.248 e. The Morgan fingerprint density at radius 3 is 2.44 bits per heavy atom. The summed E-state index contributed by atoms with van der Waals surface area (Å²) in [7, 11) is 0. The van der Waals surface area contributed by atoms with Gasteiger partial charge in [-0.2, -0.15) is 0 Å². The van der Waals surface area contributed by atoms with Crippen LogP contribution in [0.2, 0.25) is 0 Å². The molecule has 0 spiro atoms. The summed E-state index contributed by atoms with van der Waals surface area (Å²) in [5.74, 6) is 0.561. The maximum atomic E-state index is 13.0. The minimum absolute atomic E-state index is 0.00560. The molecule has 3 aliphatic rings. The van der Waals surface area contributed by atoms with E-state index in [9.17, 15) is 19.8 Å². The summed E-state index contributed by atoms with van der Waals surface area (Å²) >= 11 is 0. The fourth-order valence-corrected chi connectivity index (χ4v) is 6.49. The third-order valence-electron chi connectivity index (χ3n) is 8.33. The van der Waals surface area contributed by atoms with Crippen molar-refractivity contribution in [2.24, 2.45) is 11.7 Å². The van der Waals surface area contributed by atoms with E-state index in [4.69, 9.17) is 5.73 Å². The minimum atomic E-state index is -0.982. The van der Waals surface area contributed by atoms with Crippen LogP contribution in [0.4, 0.5) is 0 Å². The lowest BCUT2D eigenvalue weighted by Crippen LogP contribution is -2.48. The maximum Gasteiger partial charge on any atom is 0.248 e. The summed E-state index contributed by atoms with van der Waals surface area (Å²) in [6.45, 7) is 1.93. The van der Waals surface area contributed by atoms with Crippen molar-refractivity contribution in [2.45, 2.75) is 88.3 Å². The van der Waals surface area contributed by atoms with Gasteiger partial charge in [0, 0.05) is 37.3 Å². The van der Waals surface area contributed by atoms with Gasteiger partial charge in [-0.05, 0) is 68.1 Å². The Morgan fingerprint density at radius 1 is 1.09 bits per heavy atom. The van der Waals surface area contributed by atoms with E-state index < -0.39 is 6.10 Å². The molecule has 2 bridgehead atoms.